The van der Waals surface area contributed by atoms with Crippen molar-refractivity contribution >= 4 is 27.7 Å². The summed E-state index contributed by atoms with van der Waals surface area (Å²) in [6.07, 6.45) is 1.11. The minimum absolute atomic E-state index is 0.314. The van der Waals surface area contributed by atoms with Crippen molar-refractivity contribution in [1.82, 2.24) is 9.62 Å². The normalized spacial score (nSPS) is 12.7. The highest BCUT2D eigenvalue weighted by Gasteiger charge is 2.30. The first-order valence-corrected chi connectivity index (χ1v) is 11.7. The van der Waals surface area contributed by atoms with Crippen LogP contribution >= 0.6 is 11.8 Å². The second kappa shape index (κ2) is 9.92. The maximum atomic E-state index is 12.7. The number of hydrogen-bond donors (Lipinski definition) is 1. The molecule has 0 aliphatic carbocycles. The molecular formula is C20H26N2O3S2. The number of amides is 1. The van der Waals surface area contributed by atoms with E-state index in [2.05, 4.69) is 24.4 Å². The molecule has 0 aliphatic heterocycles. The van der Waals surface area contributed by atoms with Crippen LogP contribution in [-0.2, 0) is 20.6 Å². The number of hydrogen-bond acceptors (Lipinski definition) is 4. The number of sulfonamides is 1. The van der Waals surface area contributed by atoms with Gasteiger partial charge in [0.25, 0.3) is 0 Å². The standard InChI is InChI=1S/C20H26N2O3S2/c1-16-9-7-8-12-18(16)15-26-14-13-21-20(23)19(22(2)27(3,24)25)17-10-5-4-6-11-17/h4-12,19H,13-15H2,1-3H3,(H,21,23)/t19-/m1/s1. The summed E-state index contributed by atoms with van der Waals surface area (Å²) in [4.78, 5) is 12.7. The molecule has 2 aromatic carbocycles. The smallest absolute Gasteiger partial charge is 0.243 e. The molecule has 5 nitrogen and oxygen atoms in total. The molecule has 0 bridgehead atoms. The maximum Gasteiger partial charge on any atom is 0.243 e. The zero-order chi connectivity index (χ0) is 19.9. The van der Waals surface area contributed by atoms with Crippen molar-refractivity contribution in [3.63, 3.8) is 0 Å². The van der Waals surface area contributed by atoms with Crippen LogP contribution < -0.4 is 5.32 Å². The van der Waals surface area contributed by atoms with Crippen molar-refractivity contribution in [2.75, 3.05) is 25.6 Å². The summed E-state index contributed by atoms with van der Waals surface area (Å²) in [7, 11) is -2.07. The molecule has 0 spiro atoms. The highest BCUT2D eigenvalue weighted by Crippen LogP contribution is 2.22. The fourth-order valence-electron chi connectivity index (χ4n) is 2.65. The predicted molar refractivity (Wildman–Crippen MR) is 112 cm³/mol. The highest BCUT2D eigenvalue weighted by molar-refractivity contribution is 7.98. The number of carbonyl (C=O) groups is 1. The largest absolute Gasteiger partial charge is 0.354 e. The van der Waals surface area contributed by atoms with Gasteiger partial charge in [0, 0.05) is 25.1 Å². The Labute approximate surface area is 166 Å². The second-order valence-electron chi connectivity index (χ2n) is 6.36. The average molecular weight is 407 g/mol. The second-order valence-corrected chi connectivity index (χ2v) is 9.51. The number of aryl methyl sites for hydroxylation is 1. The molecule has 0 unspecified atom stereocenters. The van der Waals surface area contributed by atoms with Gasteiger partial charge in [-0.25, -0.2) is 8.42 Å². The van der Waals surface area contributed by atoms with E-state index < -0.39 is 16.1 Å². The Morgan fingerprint density at radius 1 is 1.11 bits per heavy atom. The predicted octanol–water partition coefficient (Wildman–Crippen LogP) is 2.98. The van der Waals surface area contributed by atoms with Gasteiger partial charge < -0.3 is 5.32 Å². The lowest BCUT2D eigenvalue weighted by molar-refractivity contribution is -0.124. The van der Waals surface area contributed by atoms with Crippen LogP contribution in [-0.4, -0.2) is 44.2 Å². The summed E-state index contributed by atoms with van der Waals surface area (Å²) in [5, 5.41) is 2.87. The summed E-state index contributed by atoms with van der Waals surface area (Å²) < 4.78 is 25.0. The maximum absolute atomic E-state index is 12.7. The van der Waals surface area contributed by atoms with Crippen molar-refractivity contribution < 1.29 is 13.2 Å². The Bertz CT molecular complexity index is 855. The summed E-state index contributed by atoms with van der Waals surface area (Å²) in [6.45, 7) is 2.57. The lowest BCUT2D eigenvalue weighted by atomic mass is 10.1. The fourth-order valence-corrected chi connectivity index (χ4v) is 4.19. The zero-order valence-corrected chi connectivity index (χ0v) is 17.5. The third kappa shape index (κ3) is 6.37. The van der Waals surface area contributed by atoms with E-state index in [1.807, 2.05) is 18.2 Å². The SMILES string of the molecule is Cc1ccccc1CSCCNC(=O)[C@@H](c1ccccc1)N(C)S(C)(=O)=O. The molecule has 146 valence electrons. The van der Waals surface area contributed by atoms with Crippen LogP contribution in [0.5, 0.6) is 0 Å². The summed E-state index contributed by atoms with van der Waals surface area (Å²) in [5.41, 5.74) is 3.19. The van der Waals surface area contributed by atoms with E-state index in [1.54, 1.807) is 36.0 Å². The van der Waals surface area contributed by atoms with Crippen molar-refractivity contribution in [2.45, 2.75) is 18.7 Å². The van der Waals surface area contributed by atoms with Crippen LogP contribution in [0.25, 0.3) is 0 Å². The van der Waals surface area contributed by atoms with Crippen LogP contribution in [0.2, 0.25) is 0 Å². The van der Waals surface area contributed by atoms with Crippen LogP contribution in [0, 0.1) is 6.92 Å². The minimum Gasteiger partial charge on any atom is -0.354 e. The number of benzene rings is 2. The number of rotatable bonds is 9. The Kier molecular flexibility index (Phi) is 7.89. The van der Waals surface area contributed by atoms with E-state index in [-0.39, 0.29) is 5.91 Å². The minimum atomic E-state index is -3.50. The molecule has 0 fully saturated rings. The van der Waals surface area contributed by atoms with Gasteiger partial charge in [0.1, 0.15) is 6.04 Å². The monoisotopic (exact) mass is 406 g/mol. The van der Waals surface area contributed by atoms with Gasteiger partial charge in [0.15, 0.2) is 0 Å². The molecule has 0 aromatic heterocycles. The van der Waals surface area contributed by atoms with E-state index in [1.165, 1.54) is 18.2 Å². The number of nitrogens with one attached hydrogen (secondary N) is 1. The van der Waals surface area contributed by atoms with Crippen LogP contribution in [0.1, 0.15) is 22.7 Å². The third-order valence-corrected chi connectivity index (χ3v) is 6.58. The van der Waals surface area contributed by atoms with E-state index in [4.69, 9.17) is 0 Å². The van der Waals surface area contributed by atoms with Gasteiger partial charge in [0.2, 0.25) is 15.9 Å². The molecule has 0 radical (unpaired) electrons. The van der Waals surface area contributed by atoms with Gasteiger partial charge in [-0.1, -0.05) is 54.6 Å². The van der Waals surface area contributed by atoms with E-state index in [0.717, 1.165) is 22.1 Å². The van der Waals surface area contributed by atoms with Crippen molar-refractivity contribution in [3.05, 3.63) is 71.3 Å². The number of carbonyl (C=O) groups excluding carboxylic acids is 1. The van der Waals surface area contributed by atoms with Crippen LogP contribution in [0.15, 0.2) is 54.6 Å². The first-order valence-electron chi connectivity index (χ1n) is 8.68. The average Bonchev–Trinajstić information content (AvgIpc) is 2.63. The van der Waals surface area contributed by atoms with Gasteiger partial charge in [0.05, 0.1) is 6.26 Å². The highest BCUT2D eigenvalue weighted by atomic mass is 32.2. The number of thioether (sulfide) groups is 1. The fraction of sp³-hybridized carbons (Fsp3) is 0.350. The Hall–Kier alpha value is -1.83. The molecule has 2 rings (SSSR count). The lowest BCUT2D eigenvalue weighted by Crippen LogP contribution is -2.41. The number of nitrogens with zero attached hydrogens (tertiary/aromatic N) is 1. The van der Waals surface area contributed by atoms with Gasteiger partial charge in [-0.2, -0.15) is 16.1 Å². The first-order chi connectivity index (χ1) is 12.8. The van der Waals surface area contributed by atoms with Crippen molar-refractivity contribution in [2.24, 2.45) is 0 Å². The molecule has 0 heterocycles. The van der Waals surface area contributed by atoms with E-state index in [0.29, 0.717) is 12.1 Å². The van der Waals surface area contributed by atoms with Crippen LogP contribution in [0.4, 0.5) is 0 Å². The molecule has 0 saturated heterocycles. The molecule has 1 atom stereocenters. The summed E-state index contributed by atoms with van der Waals surface area (Å²) in [5.74, 6) is 1.32. The topological polar surface area (TPSA) is 66.5 Å². The zero-order valence-electron chi connectivity index (χ0n) is 15.9. The first kappa shape index (κ1) is 21.5. The van der Waals surface area contributed by atoms with Crippen molar-refractivity contribution in [1.29, 1.82) is 0 Å². The van der Waals surface area contributed by atoms with Crippen molar-refractivity contribution in [3.8, 4) is 0 Å². The molecule has 1 N–H and O–H groups in total. The van der Waals surface area contributed by atoms with Gasteiger partial charge in [-0.15, -0.1) is 0 Å². The quantitative estimate of drug-likeness (QED) is 0.650. The summed E-state index contributed by atoms with van der Waals surface area (Å²) in [6, 6.07) is 16.3. The molecule has 7 heteroatoms. The van der Waals surface area contributed by atoms with E-state index >= 15 is 0 Å². The third-order valence-electron chi connectivity index (χ3n) is 4.31. The Morgan fingerprint density at radius 2 is 1.74 bits per heavy atom. The molecule has 0 aliphatic rings. The van der Waals surface area contributed by atoms with Gasteiger partial charge in [-0.3, -0.25) is 4.79 Å². The Morgan fingerprint density at radius 3 is 2.37 bits per heavy atom. The lowest BCUT2D eigenvalue weighted by Gasteiger charge is -2.25. The molecular weight excluding hydrogens is 380 g/mol. The molecule has 1 amide bonds. The van der Waals surface area contributed by atoms with E-state index in [9.17, 15) is 13.2 Å². The molecule has 0 saturated carbocycles. The summed E-state index contributed by atoms with van der Waals surface area (Å²) >= 11 is 1.74. The molecule has 27 heavy (non-hydrogen) atoms. The van der Waals surface area contributed by atoms with Gasteiger partial charge in [-0.05, 0) is 23.6 Å². The number of likely N-dealkylation sites (N-methyl/N-ethyl adjacent to an activating group) is 1. The van der Waals surface area contributed by atoms with Crippen LogP contribution in [0.3, 0.4) is 0 Å². The molecule has 2 aromatic rings. The Balaban J connectivity index is 1.93. The van der Waals surface area contributed by atoms with Gasteiger partial charge >= 0.3 is 0 Å².